The van der Waals surface area contributed by atoms with Gasteiger partial charge in [-0.25, -0.2) is 4.79 Å². The van der Waals surface area contributed by atoms with Crippen molar-refractivity contribution in [2.45, 2.75) is 18.9 Å². The summed E-state index contributed by atoms with van der Waals surface area (Å²) in [5.41, 5.74) is 1.08. The maximum atomic E-state index is 11.5. The van der Waals surface area contributed by atoms with Crippen LogP contribution in [-0.4, -0.2) is 33.9 Å². The number of hydrogen-bond acceptors (Lipinski definition) is 4. The van der Waals surface area contributed by atoms with Crippen molar-refractivity contribution in [2.24, 2.45) is 0 Å². The number of carbonyl (C=O) groups excluding carboxylic acids is 2. The Hall–Kier alpha value is -1.75. The Kier molecular flexibility index (Phi) is 2.04. The van der Waals surface area contributed by atoms with Crippen LogP contribution in [0.1, 0.15) is 12.8 Å². The Morgan fingerprint density at radius 2 is 2.07 bits per heavy atom. The number of rotatable bonds is 3. The number of hydrogen-bond donors (Lipinski definition) is 2. The number of ketones is 2. The van der Waals surface area contributed by atoms with Gasteiger partial charge >= 0.3 is 5.97 Å². The molecule has 0 radical (unpaired) electrons. The SMILES string of the molecule is O=C1C=C(CC(O)C(=O)O)C(=O)C2=C1C2. The van der Waals surface area contributed by atoms with Crippen LogP contribution >= 0.6 is 0 Å². The highest BCUT2D eigenvalue weighted by molar-refractivity contribution is 6.28. The molecule has 2 aliphatic rings. The van der Waals surface area contributed by atoms with E-state index in [0.717, 1.165) is 6.08 Å². The molecule has 2 N–H and O–H groups in total. The van der Waals surface area contributed by atoms with Gasteiger partial charge < -0.3 is 10.2 Å². The molecule has 2 aliphatic carbocycles. The van der Waals surface area contributed by atoms with Gasteiger partial charge in [0, 0.05) is 29.6 Å². The second kappa shape index (κ2) is 3.13. The third-order valence-electron chi connectivity index (χ3n) is 2.46. The zero-order valence-corrected chi connectivity index (χ0v) is 7.69. The average Bonchev–Trinajstić information content (AvgIpc) is 2.93. The minimum Gasteiger partial charge on any atom is -0.479 e. The van der Waals surface area contributed by atoms with Crippen molar-refractivity contribution >= 4 is 17.5 Å². The van der Waals surface area contributed by atoms with Crippen molar-refractivity contribution in [1.29, 1.82) is 0 Å². The number of carboxylic acids is 1. The highest BCUT2D eigenvalue weighted by Gasteiger charge is 2.38. The fraction of sp³-hybridized carbons (Fsp3) is 0.300. The van der Waals surface area contributed by atoms with E-state index >= 15 is 0 Å². The Morgan fingerprint density at radius 1 is 1.40 bits per heavy atom. The first-order chi connectivity index (χ1) is 7.00. The van der Waals surface area contributed by atoms with Gasteiger partial charge in [-0.3, -0.25) is 9.59 Å². The molecule has 0 bridgehead atoms. The molecular formula is C10H8O5. The van der Waals surface area contributed by atoms with Crippen LogP contribution in [0.25, 0.3) is 0 Å². The number of aliphatic carboxylic acids is 1. The van der Waals surface area contributed by atoms with Gasteiger partial charge in [0.1, 0.15) is 0 Å². The highest BCUT2D eigenvalue weighted by Crippen LogP contribution is 2.38. The molecule has 5 nitrogen and oxygen atoms in total. The van der Waals surface area contributed by atoms with Crippen LogP contribution in [0.3, 0.4) is 0 Å². The van der Waals surface area contributed by atoms with E-state index in [4.69, 9.17) is 10.2 Å². The van der Waals surface area contributed by atoms with Crippen molar-refractivity contribution in [3.63, 3.8) is 0 Å². The molecule has 0 fully saturated rings. The number of carboxylic acid groups (broad SMARTS) is 1. The van der Waals surface area contributed by atoms with E-state index in [1.807, 2.05) is 0 Å². The van der Waals surface area contributed by atoms with Gasteiger partial charge in [0.2, 0.25) is 0 Å². The second-order valence-electron chi connectivity index (χ2n) is 3.55. The maximum absolute atomic E-state index is 11.5. The minimum absolute atomic E-state index is 0.0890. The molecule has 1 unspecified atom stereocenters. The Labute approximate surface area is 84.7 Å². The lowest BCUT2D eigenvalue weighted by Gasteiger charge is -2.08. The van der Waals surface area contributed by atoms with Gasteiger partial charge in [0.05, 0.1) is 0 Å². The van der Waals surface area contributed by atoms with Gasteiger partial charge in [-0.2, -0.15) is 0 Å². The predicted octanol–water partition coefficient (Wildman–Crippen LogP) is -0.400. The van der Waals surface area contributed by atoms with E-state index < -0.39 is 12.1 Å². The monoisotopic (exact) mass is 208 g/mol. The van der Waals surface area contributed by atoms with Crippen molar-refractivity contribution in [1.82, 2.24) is 0 Å². The fourth-order valence-electron chi connectivity index (χ4n) is 1.54. The molecule has 0 aromatic rings. The zero-order valence-electron chi connectivity index (χ0n) is 7.69. The minimum atomic E-state index is -1.63. The molecule has 0 amide bonds. The molecule has 0 aromatic heterocycles. The van der Waals surface area contributed by atoms with Gasteiger partial charge in [0.25, 0.3) is 0 Å². The Balaban J connectivity index is 2.14. The number of aliphatic hydroxyl groups is 1. The molecule has 0 spiro atoms. The third-order valence-corrected chi connectivity index (χ3v) is 2.46. The zero-order chi connectivity index (χ0) is 11.2. The molecule has 0 saturated carbocycles. The van der Waals surface area contributed by atoms with Crippen LogP contribution in [0.15, 0.2) is 22.8 Å². The van der Waals surface area contributed by atoms with Crippen LogP contribution in [0.5, 0.6) is 0 Å². The number of carbonyl (C=O) groups is 3. The molecule has 15 heavy (non-hydrogen) atoms. The summed E-state index contributed by atoms with van der Waals surface area (Å²) >= 11 is 0. The molecule has 0 aliphatic heterocycles. The summed E-state index contributed by atoms with van der Waals surface area (Å²) < 4.78 is 0. The lowest BCUT2D eigenvalue weighted by atomic mass is 9.98. The molecule has 5 heteroatoms. The average molecular weight is 208 g/mol. The maximum Gasteiger partial charge on any atom is 0.332 e. The number of allylic oxidation sites excluding steroid dienone is 3. The van der Waals surface area contributed by atoms with Gasteiger partial charge in [0.15, 0.2) is 17.7 Å². The highest BCUT2D eigenvalue weighted by atomic mass is 16.4. The number of Topliss-reactive ketones (excluding diaryl/α,β-unsaturated/α-hetero) is 1. The van der Waals surface area contributed by atoms with Crippen molar-refractivity contribution in [3.05, 3.63) is 22.8 Å². The summed E-state index contributed by atoms with van der Waals surface area (Å²) in [4.78, 5) is 33.1. The van der Waals surface area contributed by atoms with E-state index in [9.17, 15) is 14.4 Å². The summed E-state index contributed by atoms with van der Waals surface area (Å²) in [6.07, 6.45) is -0.411. The summed E-state index contributed by atoms with van der Waals surface area (Å²) in [5.74, 6) is -1.94. The first-order valence-electron chi connectivity index (χ1n) is 4.43. The van der Waals surface area contributed by atoms with Gasteiger partial charge in [-0.1, -0.05) is 0 Å². The quantitative estimate of drug-likeness (QED) is 0.616. The smallest absolute Gasteiger partial charge is 0.332 e. The first kappa shape index (κ1) is 9.79. The summed E-state index contributed by atoms with van der Waals surface area (Å²) in [5, 5.41) is 17.5. The van der Waals surface area contributed by atoms with Crippen molar-refractivity contribution < 1.29 is 24.6 Å². The molecule has 0 aromatic carbocycles. The van der Waals surface area contributed by atoms with E-state index in [1.54, 1.807) is 0 Å². The number of aliphatic hydroxyl groups excluding tert-OH is 1. The third kappa shape index (κ3) is 1.61. The fourth-order valence-corrected chi connectivity index (χ4v) is 1.54. The van der Waals surface area contributed by atoms with E-state index in [1.165, 1.54) is 0 Å². The summed E-state index contributed by atoms with van der Waals surface area (Å²) in [6, 6.07) is 0. The molecule has 0 heterocycles. The lowest BCUT2D eigenvalue weighted by molar-refractivity contribution is -0.146. The lowest BCUT2D eigenvalue weighted by Crippen LogP contribution is -2.22. The summed E-state index contributed by atoms with van der Waals surface area (Å²) in [6.45, 7) is 0. The molecule has 2 rings (SSSR count). The van der Waals surface area contributed by atoms with Crippen LogP contribution in [0.4, 0.5) is 0 Å². The van der Waals surface area contributed by atoms with Gasteiger partial charge in [-0.05, 0) is 6.08 Å². The standard InChI is InChI=1S/C10H8O5/c11-7-1-4(2-8(12)10(14)15)9(13)6-3-5(6)7/h1,8,12H,2-3H2,(H,14,15). The molecule has 78 valence electrons. The van der Waals surface area contributed by atoms with Crippen molar-refractivity contribution in [2.75, 3.05) is 0 Å². The van der Waals surface area contributed by atoms with Crippen LogP contribution < -0.4 is 0 Å². The first-order valence-corrected chi connectivity index (χ1v) is 4.43. The normalized spacial score (nSPS) is 21.0. The summed E-state index contributed by atoms with van der Waals surface area (Å²) in [7, 11) is 0. The predicted molar refractivity (Wildman–Crippen MR) is 48.0 cm³/mol. The van der Waals surface area contributed by atoms with Crippen molar-refractivity contribution in [3.8, 4) is 0 Å². The van der Waals surface area contributed by atoms with Crippen LogP contribution in [0, 0.1) is 0 Å². The van der Waals surface area contributed by atoms with E-state index in [-0.39, 0.29) is 23.6 Å². The molecular weight excluding hydrogens is 200 g/mol. The van der Waals surface area contributed by atoms with E-state index in [0.29, 0.717) is 17.6 Å². The molecule has 0 saturated heterocycles. The Morgan fingerprint density at radius 3 is 2.67 bits per heavy atom. The second-order valence-corrected chi connectivity index (χ2v) is 3.55. The molecule has 1 atom stereocenters. The van der Waals surface area contributed by atoms with Crippen LogP contribution in [-0.2, 0) is 14.4 Å². The topological polar surface area (TPSA) is 91.7 Å². The van der Waals surface area contributed by atoms with E-state index in [2.05, 4.69) is 0 Å². The Bertz CT molecular complexity index is 441. The van der Waals surface area contributed by atoms with Crippen LogP contribution in [0.2, 0.25) is 0 Å². The van der Waals surface area contributed by atoms with Gasteiger partial charge in [-0.15, -0.1) is 0 Å². The largest absolute Gasteiger partial charge is 0.479 e.